The second kappa shape index (κ2) is 22.8. The van der Waals surface area contributed by atoms with Gasteiger partial charge in [0.15, 0.2) is 5.78 Å². The fourth-order valence-corrected chi connectivity index (χ4v) is 9.28. The van der Waals surface area contributed by atoms with Gasteiger partial charge in [0.05, 0.1) is 51.1 Å². The van der Waals surface area contributed by atoms with Crippen LogP contribution in [0.1, 0.15) is 62.6 Å². The fraction of sp³-hybridized carbons (Fsp3) is 0.254. The Morgan fingerprint density at radius 1 is 0.478 bits per heavy atom. The molecule has 0 saturated carbocycles. The Kier molecular flexibility index (Phi) is 15.5. The number of Topliss-reactive ketones (excluding diaryl/α,β-unsaturated/α-hetero) is 1. The zero-order valence-corrected chi connectivity index (χ0v) is 37.6. The number of para-hydroxylation sites is 1. The molecule has 7 aromatic rings. The van der Waals surface area contributed by atoms with Crippen molar-refractivity contribution in [2.75, 3.05) is 11.5 Å². The van der Waals surface area contributed by atoms with Gasteiger partial charge in [0.2, 0.25) is 5.91 Å². The van der Waals surface area contributed by atoms with Crippen molar-refractivity contribution in [2.24, 2.45) is 5.92 Å². The first kappa shape index (κ1) is 45.6. The summed E-state index contributed by atoms with van der Waals surface area (Å²) in [6, 6.07) is 68.0. The molecule has 2 fully saturated rings. The third-order valence-corrected chi connectivity index (χ3v) is 12.8. The van der Waals surface area contributed by atoms with Gasteiger partial charge in [-0.15, -0.1) is 0 Å². The van der Waals surface area contributed by atoms with Gasteiger partial charge in [-0.25, -0.2) is 0 Å². The monoisotopic (exact) mass is 891 g/mol. The van der Waals surface area contributed by atoms with Gasteiger partial charge in [0.1, 0.15) is 24.4 Å². The molecule has 0 bridgehead atoms. The minimum absolute atomic E-state index is 0.0289. The average molecular weight is 892 g/mol. The van der Waals surface area contributed by atoms with E-state index in [4.69, 9.17) is 23.7 Å². The number of β-lactam (4-membered cyclic amide) rings is 1. The van der Waals surface area contributed by atoms with Crippen molar-refractivity contribution in [3.8, 4) is 0 Å². The number of benzene rings is 7. The Balaban J connectivity index is 1.01. The number of hydrogen-bond donors (Lipinski definition) is 0. The minimum atomic E-state index is -0.537. The first-order chi connectivity index (χ1) is 33.1. The van der Waals surface area contributed by atoms with E-state index in [1.165, 1.54) is 0 Å². The summed E-state index contributed by atoms with van der Waals surface area (Å²) in [6.45, 7) is 1.77. The third kappa shape index (κ3) is 11.7. The molecule has 0 spiro atoms. The Morgan fingerprint density at radius 2 is 0.925 bits per heavy atom. The summed E-state index contributed by atoms with van der Waals surface area (Å²) in [7, 11) is 0. The maximum atomic E-state index is 13.9. The van der Waals surface area contributed by atoms with Gasteiger partial charge in [0, 0.05) is 24.1 Å². The number of carbonyl (C=O) groups excluding carboxylic acids is 2. The predicted molar refractivity (Wildman–Crippen MR) is 260 cm³/mol. The van der Waals surface area contributed by atoms with Crippen molar-refractivity contribution in [2.45, 2.75) is 82.3 Å². The van der Waals surface area contributed by atoms with Gasteiger partial charge in [-0.3, -0.25) is 9.59 Å². The lowest BCUT2D eigenvalue weighted by molar-refractivity contribution is -0.272. The first-order valence-corrected chi connectivity index (χ1v) is 23.4. The molecular weight excluding hydrogens is 835 g/mol. The van der Waals surface area contributed by atoms with Crippen LogP contribution in [0.3, 0.4) is 0 Å². The van der Waals surface area contributed by atoms with E-state index >= 15 is 0 Å². The summed E-state index contributed by atoms with van der Waals surface area (Å²) in [4.78, 5) is 29.0. The molecule has 67 heavy (non-hydrogen) atoms. The standard InChI is InChI=1S/C59H57NO7/c61-52(48-27-15-5-16-28-48)36-35-51-55(60(59(51)62)50-29-17-6-18-30-50)49-33-31-43(32-34-49)37-53-56(64-39-45-21-9-2-10-22-45)58(66-41-47-25-13-4-14-26-47)57(65-40-46-23-11-3-12-24-46)54(67-53)42-63-38-44-19-7-1-8-20-44/h1-34,51,53-58H,35-42H2. The molecule has 0 radical (unpaired) electrons. The number of amides is 1. The second-order valence-electron chi connectivity index (χ2n) is 17.4. The van der Waals surface area contributed by atoms with Crippen LogP contribution >= 0.6 is 0 Å². The normalized spacial score (nSPS) is 21.4. The van der Waals surface area contributed by atoms with Crippen molar-refractivity contribution < 1.29 is 33.3 Å². The van der Waals surface area contributed by atoms with E-state index in [0.29, 0.717) is 51.3 Å². The minimum Gasteiger partial charge on any atom is -0.374 e. The number of nitrogens with zero attached hydrogens (tertiary/aromatic N) is 1. The lowest BCUT2D eigenvalue weighted by Crippen LogP contribution is -2.61. The molecule has 7 atom stereocenters. The van der Waals surface area contributed by atoms with Gasteiger partial charge in [-0.05, 0) is 51.9 Å². The number of carbonyl (C=O) groups is 2. The molecule has 7 aromatic carbocycles. The van der Waals surface area contributed by atoms with E-state index in [0.717, 1.165) is 39.1 Å². The lowest BCUT2D eigenvalue weighted by Gasteiger charge is -2.48. The predicted octanol–water partition coefficient (Wildman–Crippen LogP) is 11.3. The average Bonchev–Trinajstić information content (AvgIpc) is 3.38. The second-order valence-corrected chi connectivity index (χ2v) is 17.4. The highest BCUT2D eigenvalue weighted by atomic mass is 16.6. The number of ether oxygens (including phenoxy) is 5. The van der Waals surface area contributed by atoms with Gasteiger partial charge in [-0.2, -0.15) is 0 Å². The van der Waals surface area contributed by atoms with E-state index in [1.54, 1.807) is 0 Å². The number of ketones is 1. The molecule has 340 valence electrons. The Hall–Kier alpha value is -6.52. The van der Waals surface area contributed by atoms with E-state index in [9.17, 15) is 9.59 Å². The first-order valence-electron chi connectivity index (χ1n) is 23.4. The van der Waals surface area contributed by atoms with Crippen LogP contribution in [-0.2, 0) is 61.3 Å². The molecule has 7 unspecified atom stereocenters. The summed E-state index contributed by atoms with van der Waals surface area (Å²) < 4.78 is 34.5. The summed E-state index contributed by atoms with van der Waals surface area (Å²) >= 11 is 0. The zero-order chi connectivity index (χ0) is 45.6. The highest BCUT2D eigenvalue weighted by Gasteiger charge is 2.50. The molecule has 2 saturated heterocycles. The Labute approximate surface area is 394 Å². The molecule has 1 amide bonds. The SMILES string of the molecule is O=C(CCC1C(=O)N(c2ccccc2)C1c1ccc(CC2OC(COCc3ccccc3)C(OCc3ccccc3)C(OCc3ccccc3)C2OCc2ccccc2)cc1)c1ccccc1. The molecule has 2 aliphatic rings. The molecule has 0 aliphatic carbocycles. The maximum Gasteiger partial charge on any atom is 0.233 e. The summed E-state index contributed by atoms with van der Waals surface area (Å²) in [5.74, 6) is -0.260. The van der Waals surface area contributed by atoms with E-state index in [-0.39, 0.29) is 30.3 Å². The number of hydrogen-bond acceptors (Lipinski definition) is 7. The van der Waals surface area contributed by atoms with Crippen molar-refractivity contribution in [1.82, 2.24) is 0 Å². The van der Waals surface area contributed by atoms with Gasteiger partial charge in [-0.1, -0.05) is 194 Å². The van der Waals surface area contributed by atoms with Crippen LogP contribution in [0, 0.1) is 5.92 Å². The topological polar surface area (TPSA) is 83.5 Å². The lowest BCUT2D eigenvalue weighted by atomic mass is 9.78. The summed E-state index contributed by atoms with van der Waals surface area (Å²) in [6.07, 6.45) is -1.26. The van der Waals surface area contributed by atoms with Crippen LogP contribution in [-0.4, -0.2) is 48.8 Å². The highest BCUT2D eigenvalue weighted by Crippen LogP contribution is 2.46. The Bertz CT molecular complexity index is 2580. The van der Waals surface area contributed by atoms with Gasteiger partial charge in [0.25, 0.3) is 0 Å². The van der Waals surface area contributed by atoms with Crippen LogP contribution in [0.15, 0.2) is 206 Å². The Morgan fingerprint density at radius 3 is 1.45 bits per heavy atom. The highest BCUT2D eigenvalue weighted by molar-refractivity contribution is 6.04. The summed E-state index contributed by atoms with van der Waals surface area (Å²) in [5, 5.41) is 0. The maximum absolute atomic E-state index is 13.9. The zero-order valence-electron chi connectivity index (χ0n) is 37.6. The van der Waals surface area contributed by atoms with E-state index in [2.05, 4.69) is 72.8 Å². The molecule has 9 rings (SSSR count). The van der Waals surface area contributed by atoms with Crippen molar-refractivity contribution in [1.29, 1.82) is 0 Å². The van der Waals surface area contributed by atoms with Gasteiger partial charge >= 0.3 is 0 Å². The van der Waals surface area contributed by atoms with Crippen molar-refractivity contribution in [3.63, 3.8) is 0 Å². The van der Waals surface area contributed by atoms with E-state index in [1.807, 2.05) is 138 Å². The van der Waals surface area contributed by atoms with Crippen molar-refractivity contribution in [3.05, 3.63) is 245 Å². The molecule has 8 nitrogen and oxygen atoms in total. The van der Waals surface area contributed by atoms with Gasteiger partial charge < -0.3 is 28.6 Å². The van der Waals surface area contributed by atoms with Crippen LogP contribution in [0.25, 0.3) is 0 Å². The van der Waals surface area contributed by atoms with Crippen LogP contribution in [0.4, 0.5) is 5.69 Å². The smallest absolute Gasteiger partial charge is 0.233 e. The van der Waals surface area contributed by atoms with Crippen LogP contribution in [0.2, 0.25) is 0 Å². The molecule has 0 aromatic heterocycles. The van der Waals surface area contributed by atoms with Crippen LogP contribution < -0.4 is 4.90 Å². The molecule has 8 heteroatoms. The number of rotatable bonds is 21. The summed E-state index contributed by atoms with van der Waals surface area (Å²) in [5.41, 5.74) is 7.76. The van der Waals surface area contributed by atoms with Crippen molar-refractivity contribution >= 4 is 17.4 Å². The molecular formula is C59H57NO7. The molecule has 2 aliphatic heterocycles. The number of anilines is 1. The largest absolute Gasteiger partial charge is 0.374 e. The molecule has 2 heterocycles. The quantitative estimate of drug-likeness (QED) is 0.0525. The molecule has 0 N–H and O–H groups in total. The fourth-order valence-electron chi connectivity index (χ4n) is 9.28. The third-order valence-electron chi connectivity index (χ3n) is 12.8. The van der Waals surface area contributed by atoms with Crippen LogP contribution in [0.5, 0.6) is 0 Å². The van der Waals surface area contributed by atoms with E-state index < -0.39 is 30.5 Å².